The lowest BCUT2D eigenvalue weighted by Gasteiger charge is -2.35. The second-order valence-corrected chi connectivity index (χ2v) is 27.4. The molecule has 12 rings (SSSR count). The van der Waals surface area contributed by atoms with E-state index in [-0.39, 0.29) is 58.0 Å². The van der Waals surface area contributed by atoms with Crippen molar-refractivity contribution in [1.82, 2.24) is 35.0 Å². The number of hydrogen-bond donors (Lipinski definition) is 1. The van der Waals surface area contributed by atoms with Crippen molar-refractivity contribution in [3.05, 3.63) is 118 Å². The van der Waals surface area contributed by atoms with E-state index >= 15 is 4.39 Å². The molecule has 15 nitrogen and oxygen atoms in total. The summed E-state index contributed by atoms with van der Waals surface area (Å²) in [7, 11) is 3.93. The van der Waals surface area contributed by atoms with E-state index in [4.69, 9.17) is 25.9 Å². The summed E-state index contributed by atoms with van der Waals surface area (Å²) in [5.41, 5.74) is 7.17. The highest BCUT2D eigenvalue weighted by atomic mass is 19.1. The summed E-state index contributed by atoms with van der Waals surface area (Å²) in [6.45, 7) is 19.6. The van der Waals surface area contributed by atoms with Crippen LogP contribution in [0.1, 0.15) is 170 Å². The predicted molar refractivity (Wildman–Crippen MR) is 360 cm³/mol. The van der Waals surface area contributed by atoms with Gasteiger partial charge in [-0.2, -0.15) is 9.97 Å². The summed E-state index contributed by atoms with van der Waals surface area (Å²) >= 11 is 0. The average Bonchev–Trinajstić information content (AvgIpc) is 1.24. The first kappa shape index (κ1) is 66.1. The van der Waals surface area contributed by atoms with E-state index in [1.54, 1.807) is 42.4 Å². The van der Waals surface area contributed by atoms with Gasteiger partial charge in [-0.25, -0.2) is 8.78 Å². The number of ketones is 2. The molecule has 2 aliphatic carbocycles. The molecule has 7 heterocycles. The van der Waals surface area contributed by atoms with Crippen molar-refractivity contribution in [2.24, 2.45) is 11.8 Å². The molecule has 5 saturated heterocycles. The molecule has 5 aliphatic heterocycles. The van der Waals surface area contributed by atoms with Gasteiger partial charge >= 0.3 is 6.01 Å². The van der Waals surface area contributed by atoms with Crippen molar-refractivity contribution in [3.63, 3.8) is 0 Å². The Morgan fingerprint density at radius 3 is 2.42 bits per heavy atom. The number of terminal acetylenes is 1. The van der Waals surface area contributed by atoms with Gasteiger partial charge in [-0.15, -0.1) is 6.42 Å². The number of piperazine rings is 1. The number of fused-ring (bicyclic) bond motifs is 5. The molecule has 6 atom stereocenters. The van der Waals surface area contributed by atoms with Crippen LogP contribution in [0.15, 0.2) is 89.9 Å². The highest BCUT2D eigenvalue weighted by Gasteiger charge is 2.51. The molecule has 0 spiro atoms. The third-order valence-corrected chi connectivity index (χ3v) is 20.8. The number of carbonyl (C=O) groups excluding carboxylic acids is 4. The maximum Gasteiger partial charge on any atom is 0.319 e. The number of aldehydes is 1. The molecule has 1 N–H and O–H groups in total. The third-order valence-electron chi connectivity index (χ3n) is 20.8. The second-order valence-electron chi connectivity index (χ2n) is 27.4. The number of aromatic nitrogens is 3. The fraction of sp³-hybridized carbons (Fsp3) is 0.533. The average molecular weight is 1250 g/mol. The fourth-order valence-corrected chi connectivity index (χ4v) is 15.1. The van der Waals surface area contributed by atoms with Gasteiger partial charge in [0, 0.05) is 111 Å². The van der Waals surface area contributed by atoms with Crippen LogP contribution in [-0.4, -0.2) is 156 Å². The smallest absolute Gasteiger partial charge is 0.319 e. The lowest BCUT2D eigenvalue weighted by Crippen LogP contribution is -2.51. The Balaban J connectivity index is 0.000000192. The number of ether oxygens (including phenoxy) is 2. The number of amides is 1. The number of hydrogen-bond acceptors (Lipinski definition) is 14. The molecule has 7 fully saturated rings. The van der Waals surface area contributed by atoms with E-state index in [9.17, 15) is 23.6 Å². The minimum absolute atomic E-state index is 0.0496. The Hall–Kier alpha value is -7.39. The standard InChI is InChI=1S/C40H40F2N6O2.C35H53N3O4/c1-3-30-33(41)13-10-26-8-5-9-31(34(26)30)36-35(42)37-32(17-43-36)38(47-19-27-11-12-28(20-47)44-27)46-39(45-37)50-23-40-15-14-29(48(40)18-24(2)16-40)22-49-21-25-6-4-7-25;1-7-18-36(5)19-15-25(3)22-34(41)28-16-20-38(21-17-28)30-12-11-29(24-39)32(23-30)35(42)37(6)33(14-13-31(40)8-2)26(4)27-9-10-27/h1,5,8-10,13,17,21,27-29,44H,2,4,6-7,11-12,14-16,18-20,22-23H2;11-12,23-25,28,33H,7-10,13-22H2,1-6H3. The monoisotopic (exact) mass is 1250 g/mol. The number of piperidine rings is 1. The van der Waals surface area contributed by atoms with Crippen LogP contribution >= 0.6 is 0 Å². The first-order valence-corrected chi connectivity index (χ1v) is 33.9. The Morgan fingerprint density at radius 1 is 0.957 bits per heavy atom. The second kappa shape index (κ2) is 29.3. The number of nitrogens with one attached hydrogen (secondary N) is 1. The number of benzene rings is 3. The molecule has 1 amide bonds. The van der Waals surface area contributed by atoms with Crippen LogP contribution < -0.4 is 19.9 Å². The van der Waals surface area contributed by atoms with Gasteiger partial charge in [0.05, 0.1) is 34.4 Å². The maximum absolute atomic E-state index is 17.0. The molecule has 2 saturated carbocycles. The zero-order valence-electron chi connectivity index (χ0n) is 55.0. The topological polar surface area (TPSA) is 154 Å². The van der Waals surface area contributed by atoms with Crippen LogP contribution in [0.4, 0.5) is 20.3 Å². The van der Waals surface area contributed by atoms with Crippen molar-refractivity contribution < 1.29 is 37.4 Å². The summed E-state index contributed by atoms with van der Waals surface area (Å²) in [5, 5.41) is 5.32. The number of nitrogens with zero attached hydrogens (tertiary/aromatic N) is 8. The number of rotatable bonds is 25. The van der Waals surface area contributed by atoms with Crippen LogP contribution in [0.2, 0.25) is 0 Å². The van der Waals surface area contributed by atoms with Gasteiger partial charge < -0.3 is 34.4 Å². The van der Waals surface area contributed by atoms with E-state index < -0.39 is 11.6 Å². The summed E-state index contributed by atoms with van der Waals surface area (Å²) in [6, 6.07) is 14.7. The van der Waals surface area contributed by atoms with E-state index in [0.29, 0.717) is 101 Å². The van der Waals surface area contributed by atoms with Gasteiger partial charge in [0.15, 0.2) is 12.1 Å². The van der Waals surface area contributed by atoms with E-state index in [1.807, 2.05) is 31.4 Å². The highest BCUT2D eigenvalue weighted by molar-refractivity contribution is 6.03. The van der Waals surface area contributed by atoms with Crippen molar-refractivity contribution >= 4 is 56.9 Å². The fourth-order valence-electron chi connectivity index (χ4n) is 15.1. The minimum atomic E-state index is -0.624. The predicted octanol–water partition coefficient (Wildman–Crippen LogP) is 13.0. The summed E-state index contributed by atoms with van der Waals surface area (Å²) in [5.74, 6) is 2.76. The molecule has 7 aliphatic rings. The van der Waals surface area contributed by atoms with Crippen molar-refractivity contribution in [2.45, 2.75) is 173 Å². The lowest BCUT2D eigenvalue weighted by atomic mass is 9.87. The van der Waals surface area contributed by atoms with Gasteiger partial charge in [0.2, 0.25) is 0 Å². The number of anilines is 2. The van der Waals surface area contributed by atoms with Crippen molar-refractivity contribution in [2.75, 3.05) is 82.9 Å². The molecule has 2 bridgehead atoms. The lowest BCUT2D eigenvalue weighted by molar-refractivity contribution is -0.124. The maximum atomic E-state index is 17.0. The molecular weight excluding hydrogens is 1160 g/mol. The van der Waals surface area contributed by atoms with E-state index in [1.165, 1.54) is 34.8 Å². The van der Waals surface area contributed by atoms with Gasteiger partial charge in [0.25, 0.3) is 5.91 Å². The quantitative estimate of drug-likeness (QED) is 0.0255. The highest BCUT2D eigenvalue weighted by Crippen LogP contribution is 2.46. The number of allylic oxidation sites excluding steroid dienone is 2. The Morgan fingerprint density at radius 2 is 1.73 bits per heavy atom. The zero-order valence-corrected chi connectivity index (χ0v) is 55.0. The summed E-state index contributed by atoms with van der Waals surface area (Å²) < 4.78 is 44.4. The first-order chi connectivity index (χ1) is 44.5. The molecule has 2 aromatic heterocycles. The minimum Gasteiger partial charge on any atom is -0.500 e. The molecule has 5 aromatic rings. The number of carbonyl (C=O) groups is 4. The van der Waals surface area contributed by atoms with Crippen LogP contribution in [0.3, 0.4) is 0 Å². The van der Waals surface area contributed by atoms with Gasteiger partial charge in [-0.1, -0.05) is 74.3 Å². The molecular formula is C75H93F2N9O6. The summed E-state index contributed by atoms with van der Waals surface area (Å²) in [6.07, 6.45) is 26.6. The molecule has 0 radical (unpaired) electrons. The molecule has 488 valence electrons. The first-order valence-electron chi connectivity index (χ1n) is 33.9. The zero-order chi connectivity index (χ0) is 64.8. The Kier molecular flexibility index (Phi) is 21.0. The largest absolute Gasteiger partial charge is 0.500 e. The Bertz CT molecular complexity index is 3680. The number of pyridine rings is 1. The van der Waals surface area contributed by atoms with Crippen LogP contribution in [-0.2, 0) is 14.3 Å². The van der Waals surface area contributed by atoms with Gasteiger partial charge in [-0.05, 0) is 165 Å². The molecule has 17 heteroatoms. The van der Waals surface area contributed by atoms with Crippen molar-refractivity contribution in [3.8, 4) is 29.6 Å². The number of Topliss-reactive ketones (excluding diaryl/α,β-unsaturated/α-hetero) is 2. The Labute approximate surface area is 542 Å². The van der Waals surface area contributed by atoms with Crippen LogP contribution in [0, 0.1) is 35.8 Å². The molecule has 6 unspecified atom stereocenters. The third kappa shape index (κ3) is 14.7. The van der Waals surface area contributed by atoms with Crippen LogP contribution in [0.25, 0.3) is 32.9 Å². The summed E-state index contributed by atoms with van der Waals surface area (Å²) in [4.78, 5) is 76.3. The van der Waals surface area contributed by atoms with E-state index in [0.717, 1.165) is 141 Å². The number of likely N-dealkylation sites (N-methyl/N-ethyl adjacent to an activating group) is 1. The number of halogens is 2. The van der Waals surface area contributed by atoms with Gasteiger partial charge in [0.1, 0.15) is 47.6 Å². The SMILES string of the molecule is C#Cc1c(F)ccc2cccc(-c3ncc4c(N5CC6CCC(C5)N6)nc(OCC56CCC(COC=C7CCC7)N5CC(=C)C6)nc4c3F)c12.CCCN(C)CCC(C)CC(=O)C1CCN(c2ccc(C=O)c(C(=O)N(C)C(CCC(=O)CC)C(C)=C3CC3)c2)CC1. The molecule has 3 aromatic carbocycles. The molecule has 92 heavy (non-hydrogen) atoms. The van der Waals surface area contributed by atoms with Crippen LogP contribution in [0.5, 0.6) is 6.01 Å². The van der Waals surface area contributed by atoms with Crippen molar-refractivity contribution in [1.29, 1.82) is 0 Å². The normalized spacial score (nSPS) is 21.7. The van der Waals surface area contributed by atoms with E-state index in [2.05, 4.69) is 70.2 Å². The van der Waals surface area contributed by atoms with Gasteiger partial charge in [-0.3, -0.25) is 29.1 Å².